The fraction of sp³-hybridized carbons (Fsp3) is 0.174. The van der Waals surface area contributed by atoms with Crippen LogP contribution in [0.15, 0.2) is 59.6 Å². The van der Waals surface area contributed by atoms with Gasteiger partial charge < -0.3 is 5.32 Å². The van der Waals surface area contributed by atoms with Gasteiger partial charge in [-0.2, -0.15) is 18.3 Å². The van der Waals surface area contributed by atoms with Crippen molar-refractivity contribution in [1.82, 2.24) is 14.6 Å². The van der Waals surface area contributed by atoms with Crippen molar-refractivity contribution in [2.24, 2.45) is 0 Å². The van der Waals surface area contributed by atoms with Crippen LogP contribution in [0.2, 0.25) is 0 Å². The highest BCUT2D eigenvalue weighted by molar-refractivity contribution is 7.90. The highest BCUT2D eigenvalue weighted by Gasteiger charge is 2.32. The van der Waals surface area contributed by atoms with Gasteiger partial charge in [0.05, 0.1) is 22.3 Å². The van der Waals surface area contributed by atoms with E-state index in [4.69, 9.17) is 0 Å². The number of rotatable bonds is 5. The van der Waals surface area contributed by atoms with E-state index < -0.39 is 39.6 Å². The number of hydrogen-bond acceptors (Lipinski definition) is 5. The van der Waals surface area contributed by atoms with Crippen molar-refractivity contribution < 1.29 is 35.2 Å². The van der Waals surface area contributed by atoms with Crippen LogP contribution in [0.3, 0.4) is 0 Å². The number of alkyl halides is 5. The lowest BCUT2D eigenvalue weighted by atomic mass is 10.0. The molecule has 188 valence electrons. The summed E-state index contributed by atoms with van der Waals surface area (Å²) in [6.45, 7) is 1.24. The van der Waals surface area contributed by atoms with Crippen molar-refractivity contribution in [2.45, 2.75) is 24.4 Å². The lowest BCUT2D eigenvalue weighted by molar-refractivity contribution is -0.138. The van der Waals surface area contributed by atoms with Gasteiger partial charge in [-0.1, -0.05) is 12.1 Å². The van der Waals surface area contributed by atoms with Crippen molar-refractivity contribution in [3.8, 4) is 11.3 Å². The maximum atomic E-state index is 13.8. The van der Waals surface area contributed by atoms with Gasteiger partial charge >= 0.3 is 6.18 Å². The third-order valence-electron chi connectivity index (χ3n) is 5.32. The normalized spacial score (nSPS) is 12.3. The number of nitrogens with zero attached hydrogens (tertiary/aromatic N) is 3. The molecule has 0 aliphatic heterocycles. The predicted molar refractivity (Wildman–Crippen MR) is 121 cm³/mol. The zero-order valence-electron chi connectivity index (χ0n) is 18.6. The van der Waals surface area contributed by atoms with E-state index in [9.17, 15) is 35.2 Å². The molecule has 2 heterocycles. The van der Waals surface area contributed by atoms with Crippen LogP contribution in [-0.2, 0) is 16.0 Å². The van der Waals surface area contributed by atoms with Gasteiger partial charge in [-0.05, 0) is 48.9 Å². The average Bonchev–Trinajstić information content (AvgIpc) is 3.21. The number of fused-ring (bicyclic) bond motifs is 1. The van der Waals surface area contributed by atoms with Gasteiger partial charge in [0.1, 0.15) is 11.3 Å². The molecule has 0 radical (unpaired) electrons. The molecule has 4 rings (SSSR count). The minimum absolute atomic E-state index is 0.0433. The monoisotopic (exact) mass is 524 g/mol. The zero-order chi connectivity index (χ0) is 26.4. The number of sulfone groups is 1. The Kier molecular flexibility index (Phi) is 6.29. The summed E-state index contributed by atoms with van der Waals surface area (Å²) < 4.78 is 91.3. The van der Waals surface area contributed by atoms with Gasteiger partial charge in [-0.25, -0.2) is 26.7 Å². The molecule has 2 aromatic carbocycles. The number of halogens is 5. The summed E-state index contributed by atoms with van der Waals surface area (Å²) in [6.07, 6.45) is -5.60. The van der Waals surface area contributed by atoms with Crippen molar-refractivity contribution in [1.29, 1.82) is 0 Å². The molecule has 1 N–H and O–H groups in total. The molecule has 0 unspecified atom stereocenters. The van der Waals surface area contributed by atoms with Crippen molar-refractivity contribution in [3.63, 3.8) is 0 Å². The summed E-state index contributed by atoms with van der Waals surface area (Å²) >= 11 is 0. The largest absolute Gasteiger partial charge is 0.416 e. The van der Waals surface area contributed by atoms with E-state index in [1.165, 1.54) is 37.3 Å². The van der Waals surface area contributed by atoms with Crippen LogP contribution < -0.4 is 5.32 Å². The highest BCUT2D eigenvalue weighted by Crippen LogP contribution is 2.34. The van der Waals surface area contributed by atoms with Crippen LogP contribution in [0.1, 0.15) is 33.6 Å². The molecule has 1 amide bonds. The standard InChI is InChI=1S/C23H17F5N4O3S/c1-12-8-13(6-7-17(12)23(26,27)28)18-10-19(20(24)25)32-21(31-18)16(11-29-32)22(33)30-14-4-3-5-15(9-14)36(2,34)35/h3-11,20H,1-2H3,(H,30,33). The molecule has 0 aliphatic carbocycles. The molecule has 0 fully saturated rings. The third kappa shape index (κ3) is 4.91. The molecule has 36 heavy (non-hydrogen) atoms. The van der Waals surface area contributed by atoms with E-state index in [2.05, 4.69) is 15.4 Å². The molecule has 0 bridgehead atoms. The molecular formula is C23H17F5N4O3S. The van der Waals surface area contributed by atoms with Crippen LogP contribution in [0, 0.1) is 6.92 Å². The maximum absolute atomic E-state index is 13.8. The van der Waals surface area contributed by atoms with Gasteiger partial charge in [-0.15, -0.1) is 0 Å². The number of anilines is 1. The number of nitrogens with one attached hydrogen (secondary N) is 1. The molecule has 0 aliphatic rings. The average molecular weight is 524 g/mol. The van der Waals surface area contributed by atoms with E-state index >= 15 is 0 Å². The van der Waals surface area contributed by atoms with Crippen LogP contribution in [0.4, 0.5) is 27.6 Å². The van der Waals surface area contributed by atoms with Gasteiger partial charge in [0.2, 0.25) is 0 Å². The Morgan fingerprint density at radius 3 is 2.42 bits per heavy atom. The number of aromatic nitrogens is 3. The highest BCUT2D eigenvalue weighted by atomic mass is 32.2. The van der Waals surface area contributed by atoms with E-state index in [0.717, 1.165) is 35.2 Å². The number of carbonyl (C=O) groups excluding carboxylic acids is 1. The molecule has 0 saturated carbocycles. The van der Waals surface area contributed by atoms with Crippen LogP contribution >= 0.6 is 0 Å². The Balaban J connectivity index is 1.79. The Morgan fingerprint density at radius 2 is 1.81 bits per heavy atom. The van der Waals surface area contributed by atoms with Crippen LogP contribution in [-0.4, -0.2) is 35.2 Å². The second kappa shape index (κ2) is 8.97. The van der Waals surface area contributed by atoms with Crippen molar-refractivity contribution in [3.05, 3.63) is 77.1 Å². The number of aryl methyl sites for hydroxylation is 1. The van der Waals surface area contributed by atoms with Gasteiger partial charge in [0, 0.05) is 17.5 Å². The summed E-state index contributed by atoms with van der Waals surface area (Å²) in [7, 11) is -3.55. The molecule has 0 spiro atoms. The number of benzene rings is 2. The summed E-state index contributed by atoms with van der Waals surface area (Å²) in [5.74, 6) is -0.802. The van der Waals surface area contributed by atoms with E-state index in [1.807, 2.05) is 0 Å². The smallest absolute Gasteiger partial charge is 0.322 e. The van der Waals surface area contributed by atoms with Crippen LogP contribution in [0.25, 0.3) is 16.9 Å². The summed E-state index contributed by atoms with van der Waals surface area (Å²) in [5.41, 5.74) is -1.89. The van der Waals surface area contributed by atoms with Crippen molar-refractivity contribution >= 4 is 27.1 Å². The van der Waals surface area contributed by atoms with Crippen molar-refractivity contribution in [2.75, 3.05) is 11.6 Å². The Hall–Kier alpha value is -3.87. The van der Waals surface area contributed by atoms with Gasteiger partial charge in [0.15, 0.2) is 15.5 Å². The van der Waals surface area contributed by atoms with Gasteiger partial charge in [-0.3, -0.25) is 4.79 Å². The fourth-order valence-electron chi connectivity index (χ4n) is 3.59. The first-order valence-electron chi connectivity index (χ1n) is 10.2. The Morgan fingerprint density at radius 1 is 1.08 bits per heavy atom. The quantitative estimate of drug-likeness (QED) is 0.357. The second-order valence-electron chi connectivity index (χ2n) is 7.94. The van der Waals surface area contributed by atoms with Gasteiger partial charge in [0.25, 0.3) is 12.3 Å². The van der Waals surface area contributed by atoms with E-state index in [1.54, 1.807) is 0 Å². The number of hydrogen-bond donors (Lipinski definition) is 1. The van der Waals surface area contributed by atoms with E-state index in [-0.39, 0.29) is 38.6 Å². The number of amides is 1. The van der Waals surface area contributed by atoms with Crippen LogP contribution in [0.5, 0.6) is 0 Å². The first-order chi connectivity index (χ1) is 16.8. The number of carbonyl (C=O) groups is 1. The molecular weight excluding hydrogens is 507 g/mol. The third-order valence-corrected chi connectivity index (χ3v) is 6.43. The predicted octanol–water partition coefficient (Wildman–Crippen LogP) is 5.32. The SMILES string of the molecule is Cc1cc(-c2cc(C(F)F)n3ncc(C(=O)Nc4cccc(S(C)(=O)=O)c4)c3n2)ccc1C(F)(F)F. The molecule has 0 saturated heterocycles. The summed E-state index contributed by atoms with van der Waals surface area (Å²) in [4.78, 5) is 17.1. The minimum Gasteiger partial charge on any atom is -0.322 e. The zero-order valence-corrected chi connectivity index (χ0v) is 19.5. The molecule has 13 heteroatoms. The summed E-state index contributed by atoms with van der Waals surface area (Å²) in [6, 6.07) is 9.53. The molecule has 0 atom stereocenters. The minimum atomic E-state index is -4.58. The topological polar surface area (TPSA) is 93.4 Å². The first-order valence-corrected chi connectivity index (χ1v) is 12.1. The summed E-state index contributed by atoms with van der Waals surface area (Å²) in [5, 5.41) is 6.31. The second-order valence-corrected chi connectivity index (χ2v) is 9.96. The first kappa shape index (κ1) is 25.2. The lowest BCUT2D eigenvalue weighted by Gasteiger charge is -2.13. The molecule has 2 aromatic heterocycles. The van der Waals surface area contributed by atoms with E-state index in [0.29, 0.717) is 0 Å². The Bertz CT molecular complexity index is 1600. The lowest BCUT2D eigenvalue weighted by Crippen LogP contribution is -2.13. The Labute approximate surface area is 201 Å². The molecule has 4 aromatic rings. The fourth-order valence-corrected chi connectivity index (χ4v) is 4.26. The maximum Gasteiger partial charge on any atom is 0.416 e. The molecule has 7 nitrogen and oxygen atoms in total.